The highest BCUT2D eigenvalue weighted by Crippen LogP contribution is 2.44. The molecule has 0 aliphatic carbocycles. The van der Waals surface area contributed by atoms with Crippen molar-refractivity contribution < 1.29 is 8.83 Å². The molecular formula is C53H30N4O2. The van der Waals surface area contributed by atoms with Gasteiger partial charge in [0.15, 0.2) is 17.5 Å². The second kappa shape index (κ2) is 12.2. The van der Waals surface area contributed by atoms with E-state index in [-0.39, 0.29) is 0 Å². The Kier molecular flexibility index (Phi) is 6.63. The number of hydrogen-bond acceptors (Lipinski definition) is 5. The molecule has 6 heteroatoms. The van der Waals surface area contributed by atoms with Gasteiger partial charge in [0, 0.05) is 54.7 Å². The Labute approximate surface area is 336 Å². The Bertz CT molecular complexity index is 3860. The summed E-state index contributed by atoms with van der Waals surface area (Å²) in [7, 11) is 0. The molecule has 13 rings (SSSR count). The maximum absolute atomic E-state index is 6.77. The number of para-hydroxylation sites is 3. The minimum absolute atomic E-state index is 0.593. The lowest BCUT2D eigenvalue weighted by atomic mass is 9.98. The molecule has 0 spiro atoms. The second-order valence-electron chi connectivity index (χ2n) is 15.1. The molecule has 0 radical (unpaired) electrons. The van der Waals surface area contributed by atoms with Crippen LogP contribution in [0.4, 0.5) is 0 Å². The fourth-order valence-corrected chi connectivity index (χ4v) is 9.11. The number of aromatic nitrogens is 4. The molecule has 4 aromatic heterocycles. The van der Waals surface area contributed by atoms with Crippen LogP contribution in [0.1, 0.15) is 0 Å². The summed E-state index contributed by atoms with van der Waals surface area (Å²) in [6, 6.07) is 63.2. The van der Waals surface area contributed by atoms with E-state index in [9.17, 15) is 0 Å². The summed E-state index contributed by atoms with van der Waals surface area (Å²) in [5.74, 6) is 1.82. The lowest BCUT2D eigenvalue weighted by Gasteiger charge is -2.14. The van der Waals surface area contributed by atoms with Crippen molar-refractivity contribution in [3.63, 3.8) is 0 Å². The molecule has 0 atom stereocenters. The molecule has 0 aliphatic heterocycles. The van der Waals surface area contributed by atoms with Gasteiger partial charge in [0.2, 0.25) is 0 Å². The highest BCUT2D eigenvalue weighted by atomic mass is 16.3. The maximum atomic E-state index is 6.77. The van der Waals surface area contributed by atoms with E-state index >= 15 is 0 Å². The molecule has 0 N–H and O–H groups in total. The maximum Gasteiger partial charge on any atom is 0.164 e. The van der Waals surface area contributed by atoms with Crippen LogP contribution in [0.5, 0.6) is 0 Å². The number of hydrogen-bond donors (Lipinski definition) is 0. The summed E-state index contributed by atoms with van der Waals surface area (Å²) in [6.07, 6.45) is 0. The van der Waals surface area contributed by atoms with Crippen molar-refractivity contribution in [2.45, 2.75) is 0 Å². The summed E-state index contributed by atoms with van der Waals surface area (Å²) in [6.45, 7) is 0. The van der Waals surface area contributed by atoms with Crippen molar-refractivity contribution in [1.82, 2.24) is 19.5 Å². The molecule has 274 valence electrons. The van der Waals surface area contributed by atoms with Crippen molar-refractivity contribution >= 4 is 87.2 Å². The van der Waals surface area contributed by atoms with Crippen molar-refractivity contribution in [1.29, 1.82) is 0 Å². The average molecular weight is 755 g/mol. The van der Waals surface area contributed by atoms with Gasteiger partial charge in [0.1, 0.15) is 22.3 Å². The first-order chi connectivity index (χ1) is 29.2. The van der Waals surface area contributed by atoms with Gasteiger partial charge in [-0.3, -0.25) is 0 Å². The number of furan rings is 2. The van der Waals surface area contributed by atoms with Crippen molar-refractivity contribution in [3.05, 3.63) is 182 Å². The molecule has 0 bridgehead atoms. The Morgan fingerprint density at radius 2 is 1.03 bits per heavy atom. The summed E-state index contributed by atoms with van der Waals surface area (Å²) in [5, 5.41) is 10.8. The Hall–Kier alpha value is -8.09. The van der Waals surface area contributed by atoms with Crippen LogP contribution in [0.2, 0.25) is 0 Å². The quantitative estimate of drug-likeness (QED) is 0.179. The predicted molar refractivity (Wildman–Crippen MR) is 240 cm³/mol. The van der Waals surface area contributed by atoms with Crippen LogP contribution in [0, 0.1) is 0 Å². The molecule has 13 aromatic rings. The summed E-state index contributed by atoms with van der Waals surface area (Å²) in [4.78, 5) is 15.6. The van der Waals surface area contributed by atoms with Gasteiger partial charge in [-0.15, -0.1) is 0 Å². The van der Waals surface area contributed by atoms with Gasteiger partial charge in [-0.1, -0.05) is 127 Å². The van der Waals surface area contributed by atoms with Crippen molar-refractivity contribution in [3.8, 4) is 39.9 Å². The van der Waals surface area contributed by atoms with E-state index in [1.54, 1.807) is 0 Å². The highest BCUT2D eigenvalue weighted by molar-refractivity contribution is 6.25. The first kappa shape index (κ1) is 32.0. The van der Waals surface area contributed by atoms with Crippen LogP contribution >= 0.6 is 0 Å². The molecule has 9 aromatic carbocycles. The molecule has 0 saturated heterocycles. The molecule has 0 unspecified atom stereocenters. The average Bonchev–Trinajstić information content (AvgIpc) is 3.98. The fraction of sp³-hybridized carbons (Fsp3) is 0. The Balaban J connectivity index is 1.12. The Morgan fingerprint density at radius 1 is 0.373 bits per heavy atom. The zero-order valence-electron chi connectivity index (χ0n) is 31.4. The van der Waals surface area contributed by atoms with Gasteiger partial charge in [-0.2, -0.15) is 0 Å². The van der Waals surface area contributed by atoms with Crippen molar-refractivity contribution in [2.24, 2.45) is 0 Å². The van der Waals surface area contributed by atoms with Gasteiger partial charge in [-0.05, 0) is 70.8 Å². The first-order valence-electron chi connectivity index (χ1n) is 19.8. The topological polar surface area (TPSA) is 69.9 Å². The molecule has 59 heavy (non-hydrogen) atoms. The minimum Gasteiger partial charge on any atom is -0.456 e. The second-order valence-corrected chi connectivity index (χ2v) is 15.1. The van der Waals surface area contributed by atoms with E-state index in [4.69, 9.17) is 23.8 Å². The van der Waals surface area contributed by atoms with E-state index in [1.807, 2.05) is 54.6 Å². The largest absolute Gasteiger partial charge is 0.456 e. The van der Waals surface area contributed by atoms with Gasteiger partial charge < -0.3 is 13.4 Å². The summed E-state index contributed by atoms with van der Waals surface area (Å²) < 4.78 is 15.6. The van der Waals surface area contributed by atoms with Crippen LogP contribution in [-0.2, 0) is 0 Å². The monoisotopic (exact) mass is 754 g/mol. The predicted octanol–water partition coefficient (Wildman–Crippen LogP) is 14.1. The van der Waals surface area contributed by atoms with E-state index in [0.29, 0.717) is 17.5 Å². The molecule has 0 aliphatic rings. The van der Waals surface area contributed by atoms with Crippen LogP contribution in [0.3, 0.4) is 0 Å². The van der Waals surface area contributed by atoms with Crippen LogP contribution in [0.15, 0.2) is 191 Å². The van der Waals surface area contributed by atoms with Crippen LogP contribution in [-0.4, -0.2) is 19.5 Å². The fourth-order valence-electron chi connectivity index (χ4n) is 9.11. The van der Waals surface area contributed by atoms with E-state index < -0.39 is 0 Å². The van der Waals surface area contributed by atoms with E-state index in [0.717, 1.165) is 98.8 Å². The van der Waals surface area contributed by atoms with Gasteiger partial charge in [0.05, 0.1) is 16.4 Å². The highest BCUT2D eigenvalue weighted by Gasteiger charge is 2.22. The lowest BCUT2D eigenvalue weighted by molar-refractivity contribution is 0.669. The zero-order valence-corrected chi connectivity index (χ0v) is 31.4. The summed E-state index contributed by atoms with van der Waals surface area (Å²) >= 11 is 0. The van der Waals surface area contributed by atoms with E-state index in [2.05, 4.69) is 132 Å². The molecule has 6 nitrogen and oxygen atoms in total. The smallest absolute Gasteiger partial charge is 0.164 e. The van der Waals surface area contributed by atoms with Crippen LogP contribution < -0.4 is 0 Å². The van der Waals surface area contributed by atoms with Gasteiger partial charge in [0.25, 0.3) is 0 Å². The van der Waals surface area contributed by atoms with E-state index in [1.165, 1.54) is 10.8 Å². The molecule has 0 amide bonds. The minimum atomic E-state index is 0.593. The number of benzene rings is 9. The third kappa shape index (κ3) is 4.77. The van der Waals surface area contributed by atoms with Crippen molar-refractivity contribution in [2.75, 3.05) is 0 Å². The zero-order chi connectivity index (χ0) is 38.6. The summed E-state index contributed by atoms with van der Waals surface area (Å²) in [5.41, 5.74) is 9.35. The normalized spacial score (nSPS) is 12.1. The lowest BCUT2D eigenvalue weighted by Crippen LogP contribution is -2.01. The standard InChI is InChI=1S/C53H30N4O2/c1-2-13-32(14-3-1)51-54-52(34-23-22-31-12-4-5-15-33(31)28-34)56-53(55-51)43-30-42-38-17-7-10-20-45(38)59-50(42)41-29-35(24-25-36(41)43)57-44-19-9-6-16-37(44)39-26-27-47-48(49(39)57)40-18-8-11-21-46(40)58-47/h1-30H. The van der Waals surface area contributed by atoms with Gasteiger partial charge in [-0.25, -0.2) is 15.0 Å². The number of fused-ring (bicyclic) bond motifs is 13. The van der Waals surface area contributed by atoms with Crippen LogP contribution in [0.25, 0.3) is 127 Å². The molecular weight excluding hydrogens is 725 g/mol. The molecule has 0 fully saturated rings. The number of nitrogens with zero attached hydrogens (tertiary/aromatic N) is 4. The first-order valence-corrected chi connectivity index (χ1v) is 19.8. The molecule has 4 heterocycles. The Morgan fingerprint density at radius 3 is 1.90 bits per heavy atom. The third-order valence-corrected chi connectivity index (χ3v) is 11.8. The molecule has 0 saturated carbocycles. The SMILES string of the molecule is c1ccc(-c2nc(-c3ccc4ccccc4c3)nc(-c3cc4c5ccccc5oc4c4cc(-n5c6ccccc6c6ccc7oc8ccccc8c7c65)ccc34)n2)cc1. The third-order valence-electron chi connectivity index (χ3n) is 11.8. The number of rotatable bonds is 4. The van der Waals surface area contributed by atoms with Gasteiger partial charge >= 0.3 is 0 Å².